The van der Waals surface area contributed by atoms with Crippen LogP contribution in [-0.2, 0) is 0 Å². The number of hydrogen-bond acceptors (Lipinski definition) is 6. The normalized spacial score (nSPS) is 20.9. The molecule has 7 heteroatoms. The lowest BCUT2D eigenvalue weighted by Gasteiger charge is -2.20. The van der Waals surface area contributed by atoms with E-state index in [4.69, 9.17) is 26.8 Å². The Balaban J connectivity index is 1.80. The van der Waals surface area contributed by atoms with Gasteiger partial charge in [0, 0.05) is 22.6 Å². The summed E-state index contributed by atoms with van der Waals surface area (Å²) in [6, 6.07) is 14.5. The first kappa shape index (κ1) is 16.8. The van der Waals surface area contributed by atoms with Crippen LogP contribution in [0.4, 0.5) is 0 Å². The summed E-state index contributed by atoms with van der Waals surface area (Å²) in [5, 5.41) is 9.80. The van der Waals surface area contributed by atoms with Gasteiger partial charge in [0.1, 0.15) is 0 Å². The number of benzene rings is 2. The zero-order valence-electron chi connectivity index (χ0n) is 13.4. The van der Waals surface area contributed by atoms with Crippen molar-refractivity contribution in [2.75, 3.05) is 6.79 Å². The molecule has 0 spiro atoms. The van der Waals surface area contributed by atoms with E-state index in [9.17, 15) is 10.1 Å². The number of carbonyl (C=O) groups excluding carboxylic acids is 1. The van der Waals surface area contributed by atoms with Crippen LogP contribution >= 0.6 is 23.4 Å². The van der Waals surface area contributed by atoms with Crippen LogP contribution in [0.5, 0.6) is 11.5 Å². The summed E-state index contributed by atoms with van der Waals surface area (Å²) in [6.45, 7) is 0.115. The molecule has 0 aromatic heterocycles. The van der Waals surface area contributed by atoms with Crippen molar-refractivity contribution in [3.63, 3.8) is 0 Å². The van der Waals surface area contributed by atoms with E-state index in [-0.39, 0.29) is 12.6 Å². The summed E-state index contributed by atoms with van der Waals surface area (Å²) >= 11 is 7.65. The van der Waals surface area contributed by atoms with Crippen molar-refractivity contribution in [2.24, 2.45) is 5.73 Å². The van der Waals surface area contributed by atoms with Crippen molar-refractivity contribution < 1.29 is 14.3 Å². The van der Waals surface area contributed by atoms with Gasteiger partial charge < -0.3 is 15.2 Å². The van der Waals surface area contributed by atoms with Crippen molar-refractivity contribution in [1.29, 1.82) is 5.26 Å². The second-order valence-corrected chi connectivity index (χ2v) is 7.45. The van der Waals surface area contributed by atoms with E-state index in [1.807, 2.05) is 6.07 Å². The molecule has 4 rings (SSSR count). The van der Waals surface area contributed by atoms with Gasteiger partial charge in [0.2, 0.25) is 6.79 Å². The van der Waals surface area contributed by atoms with Gasteiger partial charge in [0.05, 0.1) is 21.9 Å². The van der Waals surface area contributed by atoms with Crippen molar-refractivity contribution in [3.05, 3.63) is 69.2 Å². The third kappa shape index (κ3) is 2.70. The number of Topliss-reactive ketones (excluding diaryl/α,β-unsaturated/α-hetero) is 1. The number of nitrogens with zero attached hydrogens (tertiary/aromatic N) is 1. The molecular weight excluding hydrogens is 372 g/mol. The Morgan fingerprint density at radius 3 is 2.62 bits per heavy atom. The fourth-order valence-corrected chi connectivity index (χ4v) is 4.67. The van der Waals surface area contributed by atoms with Gasteiger partial charge >= 0.3 is 0 Å². The average Bonchev–Trinajstić information content (AvgIpc) is 3.24. The third-order valence-corrected chi connectivity index (χ3v) is 5.94. The molecule has 2 atom stereocenters. The van der Waals surface area contributed by atoms with Crippen molar-refractivity contribution in [3.8, 4) is 17.6 Å². The summed E-state index contributed by atoms with van der Waals surface area (Å²) in [5.41, 5.74) is 7.61. The largest absolute Gasteiger partial charge is 0.454 e. The third-order valence-electron chi connectivity index (χ3n) is 4.40. The van der Waals surface area contributed by atoms with Gasteiger partial charge in [-0.3, -0.25) is 4.79 Å². The quantitative estimate of drug-likeness (QED) is 0.809. The maximum atomic E-state index is 13.1. The Morgan fingerprint density at radius 1 is 1.23 bits per heavy atom. The molecule has 0 bridgehead atoms. The lowest BCUT2D eigenvalue weighted by molar-refractivity contribution is 0.0985. The minimum atomic E-state index is -0.565. The van der Waals surface area contributed by atoms with E-state index in [2.05, 4.69) is 6.07 Å². The fraction of sp³-hybridized carbons (Fsp3) is 0.158. The van der Waals surface area contributed by atoms with Gasteiger partial charge in [-0.2, -0.15) is 5.26 Å². The molecule has 5 nitrogen and oxygen atoms in total. The van der Waals surface area contributed by atoms with Crippen molar-refractivity contribution >= 4 is 29.1 Å². The number of nitrogens with two attached hydrogens (primary N) is 1. The molecule has 2 aromatic rings. The minimum Gasteiger partial charge on any atom is -0.454 e. The van der Waals surface area contributed by atoms with Gasteiger partial charge in [0.15, 0.2) is 17.3 Å². The molecule has 0 radical (unpaired) electrons. The predicted molar refractivity (Wildman–Crippen MR) is 99.3 cm³/mol. The van der Waals surface area contributed by atoms with Crippen LogP contribution in [-0.4, -0.2) is 17.8 Å². The predicted octanol–water partition coefficient (Wildman–Crippen LogP) is 3.84. The van der Waals surface area contributed by atoms with Crippen molar-refractivity contribution in [1.82, 2.24) is 0 Å². The van der Waals surface area contributed by atoms with E-state index < -0.39 is 11.2 Å². The van der Waals surface area contributed by atoms with Gasteiger partial charge in [0.25, 0.3) is 0 Å². The molecule has 0 amide bonds. The number of fused-ring (bicyclic) bond motifs is 1. The van der Waals surface area contributed by atoms with E-state index in [1.165, 1.54) is 11.8 Å². The van der Waals surface area contributed by atoms with Gasteiger partial charge in [-0.05, 0) is 11.6 Å². The second kappa shape index (κ2) is 6.60. The van der Waals surface area contributed by atoms with Gasteiger partial charge in [-0.1, -0.05) is 53.7 Å². The Kier molecular flexibility index (Phi) is 4.27. The summed E-state index contributed by atoms with van der Waals surface area (Å²) in [6.07, 6.45) is 0. The Labute approximate surface area is 159 Å². The van der Waals surface area contributed by atoms with E-state index >= 15 is 0 Å². The van der Waals surface area contributed by atoms with Crippen molar-refractivity contribution in [2.45, 2.75) is 11.2 Å². The highest BCUT2D eigenvalue weighted by atomic mass is 35.5. The Bertz CT molecular complexity index is 969. The van der Waals surface area contributed by atoms with Crippen LogP contribution in [0, 0.1) is 11.3 Å². The molecule has 130 valence electrons. The molecule has 2 heterocycles. The number of halogens is 1. The molecule has 0 fully saturated rings. The number of allylic oxidation sites excluding steroid dienone is 1. The highest BCUT2D eigenvalue weighted by Crippen LogP contribution is 2.50. The van der Waals surface area contributed by atoms with Crippen LogP contribution < -0.4 is 15.2 Å². The Morgan fingerprint density at radius 2 is 1.92 bits per heavy atom. The molecule has 0 saturated carbocycles. The van der Waals surface area contributed by atoms with Crippen LogP contribution in [0.2, 0.25) is 5.02 Å². The number of ketones is 1. The molecule has 0 unspecified atom stereocenters. The summed E-state index contributed by atoms with van der Waals surface area (Å²) in [4.78, 5) is 13.1. The minimum absolute atomic E-state index is 0.0949. The zero-order valence-corrected chi connectivity index (χ0v) is 15.0. The molecule has 2 N–H and O–H groups in total. The standard InChI is InChI=1S/C19H13ClN2O3S/c20-13-7-15-14(24-9-25-15)6-11(13)16-12(8-21)19(22)26-18(16)17(23)10-4-2-1-3-5-10/h1-7,16,18H,9,22H2/t16-,18-/m0/s1. The summed E-state index contributed by atoms with van der Waals surface area (Å²) in [5.74, 6) is 0.455. The topological polar surface area (TPSA) is 85.3 Å². The smallest absolute Gasteiger partial charge is 0.231 e. The number of rotatable bonds is 3. The number of carbonyl (C=O) groups is 1. The molecular formula is C19H13ClN2O3S. The van der Waals surface area contributed by atoms with E-state index in [0.29, 0.717) is 38.3 Å². The summed E-state index contributed by atoms with van der Waals surface area (Å²) in [7, 11) is 0. The maximum Gasteiger partial charge on any atom is 0.231 e. The van der Waals surface area contributed by atoms with Crippen LogP contribution in [0.15, 0.2) is 53.1 Å². The lowest BCUT2D eigenvalue weighted by atomic mass is 9.85. The fourth-order valence-electron chi connectivity index (χ4n) is 3.16. The first-order valence-corrected chi connectivity index (χ1v) is 9.10. The van der Waals surface area contributed by atoms with Gasteiger partial charge in [-0.25, -0.2) is 0 Å². The van der Waals surface area contributed by atoms with Crippen LogP contribution in [0.1, 0.15) is 21.8 Å². The molecule has 0 aliphatic carbocycles. The second-order valence-electron chi connectivity index (χ2n) is 5.86. The molecule has 0 saturated heterocycles. The van der Waals surface area contributed by atoms with Gasteiger partial charge in [-0.15, -0.1) is 0 Å². The lowest BCUT2D eigenvalue weighted by Crippen LogP contribution is -2.23. The zero-order chi connectivity index (χ0) is 18.3. The summed E-state index contributed by atoms with van der Waals surface area (Å²) < 4.78 is 10.8. The van der Waals surface area contributed by atoms with Crippen LogP contribution in [0.25, 0.3) is 0 Å². The first-order valence-electron chi connectivity index (χ1n) is 7.85. The number of thioether (sulfide) groups is 1. The first-order chi connectivity index (χ1) is 12.6. The monoisotopic (exact) mass is 384 g/mol. The molecule has 2 aromatic carbocycles. The molecule has 2 aliphatic rings. The molecule has 2 aliphatic heterocycles. The maximum absolute atomic E-state index is 13.1. The number of ether oxygens (including phenoxy) is 2. The van der Waals surface area contributed by atoms with E-state index in [1.54, 1.807) is 36.4 Å². The number of hydrogen-bond donors (Lipinski definition) is 1. The SMILES string of the molecule is N#CC1=C(N)S[C@H](C(=O)c2ccccc2)[C@H]1c1cc2c(cc1Cl)OCO2. The Hall–Kier alpha value is -2.62. The average molecular weight is 385 g/mol. The number of nitriles is 1. The highest BCUT2D eigenvalue weighted by Gasteiger charge is 2.42. The highest BCUT2D eigenvalue weighted by molar-refractivity contribution is 8.04. The van der Waals surface area contributed by atoms with E-state index in [0.717, 1.165) is 0 Å². The van der Waals surface area contributed by atoms with Crippen LogP contribution in [0.3, 0.4) is 0 Å². The molecule has 26 heavy (non-hydrogen) atoms.